The van der Waals surface area contributed by atoms with Gasteiger partial charge in [-0.05, 0) is 42.9 Å². The average molecular weight is 335 g/mol. The maximum absolute atomic E-state index is 13.7. The number of aryl methyl sites for hydroxylation is 1. The Morgan fingerprint density at radius 3 is 2.88 bits per heavy atom. The number of methoxy groups -OCH3 is 1. The third kappa shape index (κ3) is 2.85. The summed E-state index contributed by atoms with van der Waals surface area (Å²) in [7, 11) is 1.41. The van der Waals surface area contributed by atoms with E-state index in [1.807, 2.05) is 0 Å². The van der Waals surface area contributed by atoms with Gasteiger partial charge in [-0.3, -0.25) is 9.59 Å². The molecule has 3 rings (SSSR count). The van der Waals surface area contributed by atoms with E-state index in [0.717, 1.165) is 18.4 Å². The molecule has 1 aromatic rings. The van der Waals surface area contributed by atoms with Gasteiger partial charge in [-0.15, -0.1) is 0 Å². The van der Waals surface area contributed by atoms with Gasteiger partial charge in [-0.25, -0.2) is 4.39 Å². The fraction of sp³-hybridized carbons (Fsp3) is 0.556. The highest BCUT2D eigenvalue weighted by atomic mass is 19.1. The molecule has 0 aromatic heterocycles. The fourth-order valence-corrected chi connectivity index (χ4v) is 4.10. The van der Waals surface area contributed by atoms with Crippen LogP contribution in [0.2, 0.25) is 0 Å². The number of carbonyl (C=O) groups is 2. The van der Waals surface area contributed by atoms with Crippen LogP contribution in [0.15, 0.2) is 18.2 Å². The summed E-state index contributed by atoms with van der Waals surface area (Å²) in [5, 5.41) is 9.57. The number of likely N-dealkylation sites (tertiary alicyclic amines) is 1. The molecule has 1 saturated heterocycles. The number of carboxylic acid groups (broad SMARTS) is 1. The van der Waals surface area contributed by atoms with Crippen molar-refractivity contribution in [2.45, 2.75) is 32.1 Å². The smallest absolute Gasteiger partial charge is 0.311 e. The zero-order valence-electron chi connectivity index (χ0n) is 13.8. The maximum Gasteiger partial charge on any atom is 0.311 e. The molecule has 0 unspecified atom stereocenters. The number of benzene rings is 1. The first kappa shape index (κ1) is 16.7. The first-order valence-corrected chi connectivity index (χ1v) is 8.30. The van der Waals surface area contributed by atoms with Crippen LogP contribution in [0.5, 0.6) is 5.75 Å². The van der Waals surface area contributed by atoms with Crippen LogP contribution in [0.4, 0.5) is 4.39 Å². The van der Waals surface area contributed by atoms with E-state index in [2.05, 4.69) is 0 Å². The third-order valence-electron chi connectivity index (χ3n) is 5.49. The molecule has 1 aliphatic carbocycles. The van der Waals surface area contributed by atoms with Crippen molar-refractivity contribution in [3.05, 3.63) is 29.6 Å². The van der Waals surface area contributed by atoms with Crippen molar-refractivity contribution in [1.82, 2.24) is 4.90 Å². The molecular formula is C18H22FNO4. The standard InChI is InChI=1S/C18H22FNO4/c1-24-15-6-4-12(9-14(15)19)5-7-16(21)20-10-13-3-2-8-18(13,11-20)17(22)23/h4,6,9,13H,2-3,5,7-8,10-11H2,1H3,(H,22,23)/t13-,18+/m0/s1. The largest absolute Gasteiger partial charge is 0.494 e. The minimum absolute atomic E-state index is 0.0544. The van der Waals surface area contributed by atoms with Crippen molar-refractivity contribution in [3.63, 3.8) is 0 Å². The molecule has 0 bridgehead atoms. The first-order chi connectivity index (χ1) is 11.5. The number of hydrogen-bond donors (Lipinski definition) is 1. The Morgan fingerprint density at radius 1 is 1.46 bits per heavy atom. The normalized spacial score (nSPS) is 25.6. The summed E-state index contributed by atoms with van der Waals surface area (Å²) < 4.78 is 18.6. The molecule has 5 nitrogen and oxygen atoms in total. The van der Waals surface area contributed by atoms with E-state index in [0.29, 0.717) is 25.9 Å². The summed E-state index contributed by atoms with van der Waals surface area (Å²) in [6.45, 7) is 0.838. The van der Waals surface area contributed by atoms with E-state index in [-0.39, 0.29) is 24.0 Å². The molecule has 1 saturated carbocycles. The van der Waals surface area contributed by atoms with Gasteiger partial charge < -0.3 is 14.7 Å². The minimum Gasteiger partial charge on any atom is -0.494 e. The number of hydrogen-bond acceptors (Lipinski definition) is 3. The highest BCUT2D eigenvalue weighted by Crippen LogP contribution is 2.49. The van der Waals surface area contributed by atoms with Crippen molar-refractivity contribution in [1.29, 1.82) is 0 Å². The number of nitrogens with zero attached hydrogens (tertiary/aromatic N) is 1. The van der Waals surface area contributed by atoms with Gasteiger partial charge in [0, 0.05) is 19.5 Å². The predicted octanol–water partition coefficient (Wildman–Crippen LogP) is 2.48. The number of carboxylic acids is 1. The number of amides is 1. The average Bonchev–Trinajstić information content (AvgIpc) is 3.11. The Balaban J connectivity index is 1.60. The predicted molar refractivity (Wildman–Crippen MR) is 85.3 cm³/mol. The second-order valence-electron chi connectivity index (χ2n) is 6.79. The summed E-state index contributed by atoms with van der Waals surface area (Å²) in [6.07, 6.45) is 3.14. The Kier molecular flexibility index (Phi) is 4.47. The van der Waals surface area contributed by atoms with E-state index in [1.165, 1.54) is 13.2 Å². The number of rotatable bonds is 5. The molecule has 2 aliphatic rings. The molecule has 1 N–H and O–H groups in total. The van der Waals surface area contributed by atoms with E-state index >= 15 is 0 Å². The quantitative estimate of drug-likeness (QED) is 0.898. The van der Waals surface area contributed by atoms with Gasteiger partial charge in [0.05, 0.1) is 12.5 Å². The lowest BCUT2D eigenvalue weighted by atomic mass is 9.81. The molecule has 6 heteroatoms. The zero-order chi connectivity index (χ0) is 17.3. The Morgan fingerprint density at radius 2 is 2.25 bits per heavy atom. The number of ether oxygens (including phenoxy) is 1. The first-order valence-electron chi connectivity index (χ1n) is 8.30. The Labute approximate surface area is 140 Å². The fourth-order valence-electron chi connectivity index (χ4n) is 4.10. The SMILES string of the molecule is COc1ccc(CCC(=O)N2C[C@@H]3CCC[C@@]3(C(=O)O)C2)cc1F. The third-order valence-corrected chi connectivity index (χ3v) is 5.49. The summed E-state index contributed by atoms with van der Waals surface area (Å²) >= 11 is 0. The molecule has 24 heavy (non-hydrogen) atoms. The molecule has 1 heterocycles. The lowest BCUT2D eigenvalue weighted by molar-refractivity contribution is -0.149. The lowest BCUT2D eigenvalue weighted by Crippen LogP contribution is -2.37. The van der Waals surface area contributed by atoms with E-state index in [4.69, 9.17) is 4.74 Å². The van der Waals surface area contributed by atoms with Crippen molar-refractivity contribution in [2.24, 2.45) is 11.3 Å². The van der Waals surface area contributed by atoms with Crippen molar-refractivity contribution in [2.75, 3.05) is 20.2 Å². The molecule has 2 fully saturated rings. The van der Waals surface area contributed by atoms with Gasteiger partial charge >= 0.3 is 5.97 Å². The number of halogens is 1. The van der Waals surface area contributed by atoms with Gasteiger partial charge in [-0.2, -0.15) is 0 Å². The number of aliphatic carboxylic acids is 1. The van der Waals surface area contributed by atoms with E-state index in [9.17, 15) is 19.1 Å². The van der Waals surface area contributed by atoms with Crippen LogP contribution in [-0.4, -0.2) is 42.1 Å². The summed E-state index contributed by atoms with van der Waals surface area (Å²) in [5.41, 5.74) is -0.0176. The molecule has 1 aromatic carbocycles. The number of carbonyl (C=O) groups excluding carboxylic acids is 1. The zero-order valence-corrected chi connectivity index (χ0v) is 13.8. The molecular weight excluding hydrogens is 313 g/mol. The summed E-state index contributed by atoms with van der Waals surface area (Å²) in [4.78, 5) is 25.8. The van der Waals surface area contributed by atoms with Crippen LogP contribution < -0.4 is 4.74 Å². The van der Waals surface area contributed by atoms with Crippen LogP contribution in [0, 0.1) is 17.2 Å². The van der Waals surface area contributed by atoms with E-state index < -0.39 is 17.2 Å². The van der Waals surface area contributed by atoms with Crippen LogP contribution >= 0.6 is 0 Å². The van der Waals surface area contributed by atoms with Crippen LogP contribution in [0.1, 0.15) is 31.2 Å². The molecule has 0 spiro atoms. The highest BCUT2D eigenvalue weighted by Gasteiger charge is 2.55. The molecule has 1 aliphatic heterocycles. The second kappa shape index (κ2) is 6.42. The van der Waals surface area contributed by atoms with Crippen molar-refractivity contribution < 1.29 is 23.8 Å². The molecule has 0 radical (unpaired) electrons. The Bertz CT molecular complexity index is 662. The van der Waals surface area contributed by atoms with Crippen LogP contribution in [-0.2, 0) is 16.0 Å². The van der Waals surface area contributed by atoms with Crippen molar-refractivity contribution >= 4 is 11.9 Å². The van der Waals surface area contributed by atoms with Gasteiger partial charge in [0.25, 0.3) is 0 Å². The van der Waals surface area contributed by atoms with Gasteiger partial charge in [0.1, 0.15) is 0 Å². The van der Waals surface area contributed by atoms with Gasteiger partial charge in [0.15, 0.2) is 11.6 Å². The minimum atomic E-state index is -0.780. The lowest BCUT2D eigenvalue weighted by Gasteiger charge is -2.23. The summed E-state index contributed by atoms with van der Waals surface area (Å²) in [6, 6.07) is 4.67. The summed E-state index contributed by atoms with van der Waals surface area (Å²) in [5.74, 6) is -1.03. The molecule has 1 amide bonds. The topological polar surface area (TPSA) is 66.8 Å². The van der Waals surface area contributed by atoms with Crippen LogP contribution in [0.25, 0.3) is 0 Å². The maximum atomic E-state index is 13.7. The monoisotopic (exact) mass is 335 g/mol. The van der Waals surface area contributed by atoms with E-state index in [1.54, 1.807) is 17.0 Å². The van der Waals surface area contributed by atoms with Gasteiger partial charge in [-0.1, -0.05) is 12.5 Å². The Hall–Kier alpha value is -2.11. The second-order valence-corrected chi connectivity index (χ2v) is 6.79. The van der Waals surface area contributed by atoms with Gasteiger partial charge in [0.2, 0.25) is 5.91 Å². The highest BCUT2D eigenvalue weighted by molar-refractivity contribution is 5.81. The van der Waals surface area contributed by atoms with Crippen LogP contribution in [0.3, 0.4) is 0 Å². The molecule has 130 valence electrons. The number of fused-ring (bicyclic) bond motifs is 1. The molecule has 2 atom stereocenters. The van der Waals surface area contributed by atoms with Crippen molar-refractivity contribution in [3.8, 4) is 5.75 Å².